The van der Waals surface area contributed by atoms with Crippen molar-refractivity contribution in [1.29, 1.82) is 0 Å². The summed E-state index contributed by atoms with van der Waals surface area (Å²) in [4.78, 5) is 15.3. The Morgan fingerprint density at radius 2 is 2.19 bits per heavy atom. The van der Waals surface area contributed by atoms with Crippen molar-refractivity contribution in [2.45, 2.75) is 56.6 Å². The number of amides is 1. The van der Waals surface area contributed by atoms with Gasteiger partial charge in [0.15, 0.2) is 0 Å². The van der Waals surface area contributed by atoms with E-state index in [1.165, 1.54) is 19.3 Å². The van der Waals surface area contributed by atoms with Crippen molar-refractivity contribution < 1.29 is 9.53 Å². The fourth-order valence-corrected chi connectivity index (χ4v) is 3.79. The SMILES string of the molecule is O=C(NC1CCOC2(CCCCC2)C1)c1ccc[nH]c1=S. The van der Waals surface area contributed by atoms with Crippen LogP contribution in [0.1, 0.15) is 55.3 Å². The molecule has 2 aliphatic rings. The van der Waals surface area contributed by atoms with Crippen LogP contribution >= 0.6 is 12.2 Å². The number of rotatable bonds is 2. The van der Waals surface area contributed by atoms with E-state index < -0.39 is 0 Å². The highest BCUT2D eigenvalue weighted by Crippen LogP contribution is 2.38. The van der Waals surface area contributed by atoms with Gasteiger partial charge in [0, 0.05) is 18.8 Å². The van der Waals surface area contributed by atoms with Crippen molar-refractivity contribution in [2.24, 2.45) is 0 Å². The average Bonchev–Trinajstić information content (AvgIpc) is 2.48. The Morgan fingerprint density at radius 3 is 2.95 bits per heavy atom. The maximum atomic E-state index is 12.4. The highest BCUT2D eigenvalue weighted by Gasteiger charge is 2.38. The predicted octanol–water partition coefficient (Wildman–Crippen LogP) is 3.36. The Balaban J connectivity index is 1.66. The van der Waals surface area contributed by atoms with Gasteiger partial charge in [0.25, 0.3) is 5.91 Å². The van der Waals surface area contributed by atoms with Gasteiger partial charge >= 0.3 is 0 Å². The van der Waals surface area contributed by atoms with Crippen molar-refractivity contribution in [1.82, 2.24) is 10.3 Å². The molecule has 1 aromatic rings. The fraction of sp³-hybridized carbons (Fsp3) is 0.625. The van der Waals surface area contributed by atoms with Crippen molar-refractivity contribution in [3.05, 3.63) is 28.5 Å². The van der Waals surface area contributed by atoms with Crippen LogP contribution in [0.4, 0.5) is 0 Å². The number of aromatic amines is 1. The van der Waals surface area contributed by atoms with Gasteiger partial charge in [0.1, 0.15) is 4.64 Å². The summed E-state index contributed by atoms with van der Waals surface area (Å²) >= 11 is 5.17. The molecule has 3 rings (SSSR count). The number of H-pyrrole nitrogens is 1. The molecule has 1 aliphatic heterocycles. The number of ether oxygens (including phenoxy) is 1. The quantitative estimate of drug-likeness (QED) is 0.824. The summed E-state index contributed by atoms with van der Waals surface area (Å²) in [5, 5.41) is 3.14. The van der Waals surface area contributed by atoms with E-state index in [9.17, 15) is 4.79 Å². The molecule has 1 saturated heterocycles. The summed E-state index contributed by atoms with van der Waals surface area (Å²) in [5.41, 5.74) is 0.560. The lowest BCUT2D eigenvalue weighted by atomic mass is 9.78. The van der Waals surface area contributed by atoms with Crippen LogP contribution in [0.15, 0.2) is 18.3 Å². The van der Waals surface area contributed by atoms with Crippen LogP contribution < -0.4 is 5.32 Å². The van der Waals surface area contributed by atoms with Crippen molar-refractivity contribution in [3.63, 3.8) is 0 Å². The summed E-state index contributed by atoms with van der Waals surface area (Å²) in [5.74, 6) is -0.0743. The highest BCUT2D eigenvalue weighted by molar-refractivity contribution is 7.71. The Bertz CT molecular complexity index is 558. The van der Waals surface area contributed by atoms with Crippen molar-refractivity contribution >= 4 is 18.1 Å². The topological polar surface area (TPSA) is 54.1 Å². The first-order chi connectivity index (χ1) is 10.2. The van der Waals surface area contributed by atoms with Crippen LogP contribution in [0.3, 0.4) is 0 Å². The van der Waals surface area contributed by atoms with E-state index in [-0.39, 0.29) is 17.6 Å². The van der Waals surface area contributed by atoms with Crippen molar-refractivity contribution in [3.8, 4) is 0 Å². The lowest BCUT2D eigenvalue weighted by Gasteiger charge is -2.43. The molecule has 1 aromatic heterocycles. The second-order valence-electron chi connectivity index (χ2n) is 6.17. The predicted molar refractivity (Wildman–Crippen MR) is 83.9 cm³/mol. The van der Waals surface area contributed by atoms with Gasteiger partial charge in [0.05, 0.1) is 11.2 Å². The number of nitrogens with one attached hydrogen (secondary N) is 2. The summed E-state index contributed by atoms with van der Waals surface area (Å²) in [7, 11) is 0. The molecule has 1 atom stereocenters. The molecule has 0 bridgehead atoms. The van der Waals surface area contributed by atoms with Crippen molar-refractivity contribution in [2.75, 3.05) is 6.61 Å². The number of hydrogen-bond acceptors (Lipinski definition) is 3. The number of hydrogen-bond donors (Lipinski definition) is 2. The lowest BCUT2D eigenvalue weighted by molar-refractivity contribution is -0.107. The van der Waals surface area contributed by atoms with Crippen LogP contribution in [0.25, 0.3) is 0 Å². The summed E-state index contributed by atoms with van der Waals surface area (Å²) in [6.45, 7) is 0.743. The minimum Gasteiger partial charge on any atom is -0.375 e. The van der Waals surface area contributed by atoms with E-state index in [2.05, 4.69) is 10.3 Å². The van der Waals surface area contributed by atoms with Gasteiger partial charge in [-0.25, -0.2) is 0 Å². The Labute approximate surface area is 130 Å². The zero-order chi connectivity index (χ0) is 14.7. The number of carbonyl (C=O) groups excluding carboxylic acids is 1. The summed E-state index contributed by atoms with van der Waals surface area (Å²) in [6, 6.07) is 3.76. The maximum Gasteiger partial charge on any atom is 0.254 e. The van der Waals surface area contributed by atoms with E-state index in [0.29, 0.717) is 10.2 Å². The molecular formula is C16H22N2O2S. The third-order valence-corrected chi connectivity index (χ3v) is 4.99. The second kappa shape index (κ2) is 6.28. The van der Waals surface area contributed by atoms with Crippen LogP contribution in [-0.2, 0) is 4.74 Å². The standard InChI is InChI=1S/C16H22N2O2S/c19-14(13-5-4-9-17-15(13)21)18-12-6-10-20-16(11-12)7-2-1-3-8-16/h4-5,9,12H,1-3,6-8,10-11H2,(H,17,21)(H,18,19). The highest BCUT2D eigenvalue weighted by atomic mass is 32.1. The van der Waals surface area contributed by atoms with Gasteiger partial charge in [-0.05, 0) is 37.8 Å². The summed E-state index contributed by atoms with van der Waals surface area (Å²) in [6.07, 6.45) is 9.61. The Kier molecular flexibility index (Phi) is 4.40. The molecular weight excluding hydrogens is 284 g/mol. The van der Waals surface area contributed by atoms with E-state index in [1.54, 1.807) is 18.3 Å². The lowest BCUT2D eigenvalue weighted by Crippen LogP contribution is -2.49. The minimum atomic E-state index is -0.0743. The molecule has 4 nitrogen and oxygen atoms in total. The average molecular weight is 306 g/mol. The zero-order valence-electron chi connectivity index (χ0n) is 12.2. The third kappa shape index (κ3) is 3.35. The largest absolute Gasteiger partial charge is 0.375 e. The van der Waals surface area contributed by atoms with Gasteiger partial charge < -0.3 is 15.0 Å². The molecule has 0 radical (unpaired) electrons. The third-order valence-electron chi connectivity index (χ3n) is 4.66. The van der Waals surface area contributed by atoms with Gasteiger partial charge in [-0.2, -0.15) is 0 Å². The summed E-state index contributed by atoms with van der Waals surface area (Å²) < 4.78 is 6.56. The van der Waals surface area contributed by atoms with Gasteiger partial charge in [-0.15, -0.1) is 0 Å². The van der Waals surface area contributed by atoms with Gasteiger partial charge in [-0.3, -0.25) is 4.79 Å². The van der Waals surface area contributed by atoms with E-state index in [1.807, 2.05) is 0 Å². The van der Waals surface area contributed by atoms with Crippen LogP contribution in [0, 0.1) is 4.64 Å². The van der Waals surface area contributed by atoms with Crippen LogP contribution in [0.5, 0.6) is 0 Å². The number of carbonyl (C=O) groups is 1. The molecule has 114 valence electrons. The molecule has 2 N–H and O–H groups in total. The molecule has 0 aromatic carbocycles. The van der Waals surface area contributed by atoms with Gasteiger partial charge in [0.2, 0.25) is 0 Å². The molecule has 21 heavy (non-hydrogen) atoms. The molecule has 5 heteroatoms. The van der Waals surface area contributed by atoms with Crippen LogP contribution in [-0.4, -0.2) is 29.1 Å². The van der Waals surface area contributed by atoms with Crippen LogP contribution in [0.2, 0.25) is 0 Å². The molecule has 1 spiro atoms. The fourth-order valence-electron chi connectivity index (χ4n) is 3.56. The second-order valence-corrected chi connectivity index (χ2v) is 6.58. The maximum absolute atomic E-state index is 12.4. The number of aromatic nitrogens is 1. The molecule has 1 amide bonds. The Hall–Kier alpha value is -1.20. The Morgan fingerprint density at radius 1 is 1.38 bits per heavy atom. The zero-order valence-corrected chi connectivity index (χ0v) is 13.0. The van der Waals surface area contributed by atoms with E-state index in [0.717, 1.165) is 32.3 Å². The van der Waals surface area contributed by atoms with Gasteiger partial charge in [-0.1, -0.05) is 31.5 Å². The normalized spacial score (nSPS) is 24.7. The van der Waals surface area contributed by atoms with E-state index in [4.69, 9.17) is 17.0 Å². The first kappa shape index (κ1) is 14.7. The molecule has 2 heterocycles. The molecule has 1 aliphatic carbocycles. The first-order valence-electron chi connectivity index (χ1n) is 7.81. The minimum absolute atomic E-state index is 0.00799. The first-order valence-corrected chi connectivity index (χ1v) is 8.22. The molecule has 1 saturated carbocycles. The van der Waals surface area contributed by atoms with E-state index >= 15 is 0 Å². The smallest absolute Gasteiger partial charge is 0.254 e. The molecule has 2 fully saturated rings. The number of pyridine rings is 1. The monoisotopic (exact) mass is 306 g/mol. The molecule has 1 unspecified atom stereocenters.